The molecule has 3 nitrogen and oxygen atoms in total. The molecule has 1 heterocycles. The normalized spacial score (nSPS) is 20.4. The van der Waals surface area contributed by atoms with Crippen LogP contribution in [0.25, 0.3) is 0 Å². The van der Waals surface area contributed by atoms with Crippen molar-refractivity contribution >= 4 is 23.2 Å². The second kappa shape index (κ2) is 4.31. The number of carbonyl (C=O) groups is 1. The van der Waals surface area contributed by atoms with Crippen molar-refractivity contribution in [1.29, 1.82) is 0 Å². The van der Waals surface area contributed by atoms with E-state index in [2.05, 4.69) is 19.2 Å². The number of anilines is 1. The van der Waals surface area contributed by atoms with Gasteiger partial charge in [0.1, 0.15) is 0 Å². The average molecular weight is 253 g/mol. The van der Waals surface area contributed by atoms with Gasteiger partial charge in [0, 0.05) is 16.8 Å². The Morgan fingerprint density at radius 1 is 1.41 bits per heavy atom. The minimum absolute atomic E-state index is 0.0134. The van der Waals surface area contributed by atoms with Crippen molar-refractivity contribution in [2.24, 2.45) is 11.7 Å². The first-order valence-electron chi connectivity index (χ1n) is 5.81. The molecular formula is C13H17ClN2O. The van der Waals surface area contributed by atoms with Crippen molar-refractivity contribution in [2.45, 2.75) is 32.7 Å². The van der Waals surface area contributed by atoms with Crippen LogP contribution < -0.4 is 11.1 Å². The highest BCUT2D eigenvalue weighted by Crippen LogP contribution is 2.40. The van der Waals surface area contributed by atoms with Gasteiger partial charge in [-0.3, -0.25) is 4.79 Å². The SMILES string of the molecule is CC1C(=O)Nc2c1cc(Cl)cc2C(N)C(C)C. The Morgan fingerprint density at radius 2 is 2.06 bits per heavy atom. The van der Waals surface area contributed by atoms with Crippen LogP contribution in [0.2, 0.25) is 5.02 Å². The molecule has 1 aliphatic rings. The standard InChI is InChI=1S/C13H17ClN2O/c1-6(2)11(15)10-5-8(14)4-9-7(3)13(17)16-12(9)10/h4-7,11H,15H2,1-3H3,(H,16,17). The second-order valence-electron chi connectivity index (χ2n) is 4.94. The van der Waals surface area contributed by atoms with Crippen LogP contribution in [0.4, 0.5) is 5.69 Å². The maximum Gasteiger partial charge on any atom is 0.231 e. The molecule has 2 unspecified atom stereocenters. The van der Waals surface area contributed by atoms with Gasteiger partial charge in [0.2, 0.25) is 5.91 Å². The van der Waals surface area contributed by atoms with E-state index in [9.17, 15) is 4.79 Å². The van der Waals surface area contributed by atoms with E-state index in [0.29, 0.717) is 10.9 Å². The Hall–Kier alpha value is -1.06. The lowest BCUT2D eigenvalue weighted by atomic mass is 9.92. The summed E-state index contributed by atoms with van der Waals surface area (Å²) >= 11 is 6.10. The third-order valence-corrected chi connectivity index (χ3v) is 3.57. The predicted octanol–water partition coefficient (Wildman–Crippen LogP) is 3.05. The molecule has 0 spiro atoms. The topological polar surface area (TPSA) is 55.1 Å². The number of benzene rings is 1. The molecule has 0 aromatic heterocycles. The van der Waals surface area contributed by atoms with E-state index >= 15 is 0 Å². The minimum atomic E-state index is -0.151. The van der Waals surface area contributed by atoms with Crippen molar-refractivity contribution in [1.82, 2.24) is 0 Å². The van der Waals surface area contributed by atoms with Gasteiger partial charge in [-0.05, 0) is 36.1 Å². The fourth-order valence-corrected chi connectivity index (χ4v) is 2.37. The summed E-state index contributed by atoms with van der Waals surface area (Å²) in [6, 6.07) is 3.58. The van der Waals surface area contributed by atoms with Gasteiger partial charge < -0.3 is 11.1 Å². The molecule has 2 atom stereocenters. The van der Waals surface area contributed by atoms with Gasteiger partial charge in [-0.2, -0.15) is 0 Å². The zero-order valence-electron chi connectivity index (χ0n) is 10.3. The first-order chi connectivity index (χ1) is 7.91. The quantitative estimate of drug-likeness (QED) is 0.850. The first kappa shape index (κ1) is 12.4. The lowest BCUT2D eigenvalue weighted by Gasteiger charge is -2.19. The molecule has 17 heavy (non-hydrogen) atoms. The Labute approximate surface area is 106 Å². The number of amides is 1. The van der Waals surface area contributed by atoms with Crippen molar-refractivity contribution in [3.8, 4) is 0 Å². The molecule has 4 heteroatoms. The molecule has 1 aliphatic heterocycles. The fraction of sp³-hybridized carbons (Fsp3) is 0.462. The lowest BCUT2D eigenvalue weighted by molar-refractivity contribution is -0.116. The van der Waals surface area contributed by atoms with Crippen molar-refractivity contribution < 1.29 is 4.79 Å². The number of halogens is 1. The van der Waals surface area contributed by atoms with Crippen molar-refractivity contribution in [3.63, 3.8) is 0 Å². The maximum absolute atomic E-state index is 11.7. The molecule has 3 N–H and O–H groups in total. The van der Waals surface area contributed by atoms with E-state index < -0.39 is 0 Å². The molecule has 0 saturated heterocycles. The molecule has 92 valence electrons. The summed E-state index contributed by atoms with van der Waals surface area (Å²) in [5.41, 5.74) is 8.90. The highest BCUT2D eigenvalue weighted by atomic mass is 35.5. The Bertz CT molecular complexity index is 471. The van der Waals surface area contributed by atoms with Gasteiger partial charge in [0.15, 0.2) is 0 Å². The molecule has 2 rings (SSSR count). The van der Waals surface area contributed by atoms with Gasteiger partial charge in [-0.15, -0.1) is 0 Å². The smallest absolute Gasteiger partial charge is 0.231 e. The third-order valence-electron chi connectivity index (χ3n) is 3.35. The van der Waals surface area contributed by atoms with Gasteiger partial charge in [0.25, 0.3) is 0 Å². The fourth-order valence-electron chi connectivity index (χ4n) is 2.13. The Kier molecular flexibility index (Phi) is 3.15. The Balaban J connectivity index is 2.56. The van der Waals surface area contributed by atoms with Gasteiger partial charge >= 0.3 is 0 Å². The van der Waals surface area contributed by atoms with Crippen molar-refractivity contribution in [2.75, 3.05) is 5.32 Å². The lowest BCUT2D eigenvalue weighted by Crippen LogP contribution is -2.18. The zero-order valence-corrected chi connectivity index (χ0v) is 11.0. The number of rotatable bonds is 2. The molecule has 0 bridgehead atoms. The first-order valence-corrected chi connectivity index (χ1v) is 6.19. The zero-order chi connectivity index (χ0) is 12.7. The summed E-state index contributed by atoms with van der Waals surface area (Å²) in [6.07, 6.45) is 0. The molecule has 0 aliphatic carbocycles. The van der Waals surface area contributed by atoms with Crippen LogP contribution in [-0.4, -0.2) is 5.91 Å². The molecule has 1 aromatic rings. The van der Waals surface area contributed by atoms with Crippen LogP contribution in [0.5, 0.6) is 0 Å². The summed E-state index contributed by atoms with van der Waals surface area (Å²) in [6.45, 7) is 5.98. The Morgan fingerprint density at radius 3 is 2.65 bits per heavy atom. The largest absolute Gasteiger partial charge is 0.325 e. The van der Waals surface area contributed by atoms with Crippen molar-refractivity contribution in [3.05, 3.63) is 28.3 Å². The molecule has 0 fully saturated rings. The van der Waals surface area contributed by atoms with E-state index in [1.54, 1.807) is 0 Å². The molecule has 0 saturated carbocycles. The number of hydrogen-bond donors (Lipinski definition) is 2. The van der Waals surface area contributed by atoms with Gasteiger partial charge in [0.05, 0.1) is 5.92 Å². The second-order valence-corrected chi connectivity index (χ2v) is 5.38. The highest BCUT2D eigenvalue weighted by molar-refractivity contribution is 6.31. The molecule has 1 amide bonds. The minimum Gasteiger partial charge on any atom is -0.325 e. The number of nitrogens with one attached hydrogen (secondary N) is 1. The van der Waals surface area contributed by atoms with E-state index in [4.69, 9.17) is 17.3 Å². The number of nitrogens with two attached hydrogens (primary N) is 1. The molecular weight excluding hydrogens is 236 g/mol. The third kappa shape index (κ3) is 2.05. The summed E-state index contributed by atoms with van der Waals surface area (Å²) in [5.74, 6) is 0.159. The monoisotopic (exact) mass is 252 g/mol. The van der Waals surface area contributed by atoms with Crippen LogP contribution in [0.1, 0.15) is 43.9 Å². The molecule has 0 radical (unpaired) electrons. The van der Waals surface area contributed by atoms with Crippen LogP contribution in [0.3, 0.4) is 0 Å². The number of hydrogen-bond acceptors (Lipinski definition) is 2. The number of fused-ring (bicyclic) bond motifs is 1. The van der Waals surface area contributed by atoms with E-state index in [0.717, 1.165) is 16.8 Å². The van der Waals surface area contributed by atoms with Crippen LogP contribution in [0.15, 0.2) is 12.1 Å². The number of carbonyl (C=O) groups excluding carboxylic acids is 1. The van der Waals surface area contributed by atoms with E-state index in [1.807, 2.05) is 19.1 Å². The highest BCUT2D eigenvalue weighted by Gasteiger charge is 2.30. The summed E-state index contributed by atoms with van der Waals surface area (Å²) in [5, 5.41) is 3.54. The van der Waals surface area contributed by atoms with Gasteiger partial charge in [-0.1, -0.05) is 25.4 Å². The van der Waals surface area contributed by atoms with Gasteiger partial charge in [-0.25, -0.2) is 0 Å². The van der Waals surface area contributed by atoms with E-state index in [1.165, 1.54) is 0 Å². The summed E-state index contributed by atoms with van der Waals surface area (Å²) in [7, 11) is 0. The van der Waals surface area contributed by atoms with Crippen LogP contribution in [-0.2, 0) is 4.79 Å². The van der Waals surface area contributed by atoms with Crippen LogP contribution >= 0.6 is 11.6 Å². The maximum atomic E-state index is 11.7. The molecule has 1 aromatic carbocycles. The summed E-state index contributed by atoms with van der Waals surface area (Å²) in [4.78, 5) is 11.7. The summed E-state index contributed by atoms with van der Waals surface area (Å²) < 4.78 is 0. The average Bonchev–Trinajstić information content (AvgIpc) is 2.54. The van der Waals surface area contributed by atoms with E-state index in [-0.39, 0.29) is 17.9 Å². The van der Waals surface area contributed by atoms with Crippen LogP contribution in [0, 0.1) is 5.92 Å². The predicted molar refractivity (Wildman–Crippen MR) is 70.3 cm³/mol.